The molecular formula is C14H17F3N2O. The first-order valence-corrected chi connectivity index (χ1v) is 6.13. The first kappa shape index (κ1) is 16.2. The van der Waals surface area contributed by atoms with Crippen molar-refractivity contribution in [2.75, 3.05) is 19.6 Å². The van der Waals surface area contributed by atoms with Gasteiger partial charge in [0.05, 0.1) is 6.54 Å². The van der Waals surface area contributed by atoms with Gasteiger partial charge in [0.1, 0.15) is 6.54 Å². The predicted molar refractivity (Wildman–Crippen MR) is 72.0 cm³/mol. The number of carbonyl (C=O) groups excluding carboxylic acids is 1. The van der Waals surface area contributed by atoms with Crippen LogP contribution in [0.4, 0.5) is 13.2 Å². The highest BCUT2D eigenvalue weighted by Crippen LogP contribution is 2.11. The zero-order chi connectivity index (χ0) is 15.0. The van der Waals surface area contributed by atoms with Crippen LogP contribution in [-0.2, 0) is 4.79 Å². The van der Waals surface area contributed by atoms with E-state index >= 15 is 0 Å². The number of carbonyl (C=O) groups is 1. The largest absolute Gasteiger partial charge is 0.405 e. The Bertz CT molecular complexity index is 455. The van der Waals surface area contributed by atoms with Crippen LogP contribution in [0.25, 0.3) is 6.08 Å². The summed E-state index contributed by atoms with van der Waals surface area (Å²) in [4.78, 5) is 11.1. The summed E-state index contributed by atoms with van der Waals surface area (Å²) in [5.74, 6) is -0.671. The van der Waals surface area contributed by atoms with Crippen LogP contribution in [0.2, 0.25) is 0 Å². The number of rotatable bonds is 6. The van der Waals surface area contributed by atoms with Crippen molar-refractivity contribution in [2.45, 2.75) is 13.1 Å². The average molecular weight is 286 g/mol. The Balaban J connectivity index is 2.27. The Morgan fingerprint density at radius 2 is 1.85 bits per heavy atom. The maximum atomic E-state index is 11.9. The van der Waals surface area contributed by atoms with Crippen LogP contribution >= 0.6 is 0 Å². The van der Waals surface area contributed by atoms with Crippen LogP contribution in [0.1, 0.15) is 12.5 Å². The lowest BCUT2D eigenvalue weighted by Crippen LogP contribution is -2.39. The summed E-state index contributed by atoms with van der Waals surface area (Å²) in [6.07, 6.45) is -2.43. The smallest absolute Gasteiger partial charge is 0.346 e. The first-order chi connectivity index (χ1) is 9.37. The SMILES string of the molecule is C/C(=C/c1ccccc1)CNCC(=O)NCC(F)(F)F. The van der Waals surface area contributed by atoms with Gasteiger partial charge >= 0.3 is 6.18 Å². The minimum absolute atomic E-state index is 0.143. The van der Waals surface area contributed by atoms with Gasteiger partial charge in [-0.05, 0) is 12.5 Å². The molecule has 0 aromatic heterocycles. The Hall–Kier alpha value is -1.82. The molecule has 0 radical (unpaired) electrons. The molecule has 0 fully saturated rings. The van der Waals surface area contributed by atoms with E-state index in [0.29, 0.717) is 6.54 Å². The number of hydrogen-bond donors (Lipinski definition) is 2. The molecule has 1 aromatic rings. The summed E-state index contributed by atoms with van der Waals surface area (Å²) in [6.45, 7) is 0.879. The van der Waals surface area contributed by atoms with E-state index in [1.807, 2.05) is 43.3 Å². The van der Waals surface area contributed by atoms with Gasteiger partial charge in [0.15, 0.2) is 0 Å². The van der Waals surface area contributed by atoms with Crippen LogP contribution in [0.5, 0.6) is 0 Å². The normalized spacial score (nSPS) is 12.3. The Morgan fingerprint density at radius 3 is 2.45 bits per heavy atom. The fourth-order valence-electron chi connectivity index (χ4n) is 1.52. The molecule has 0 atom stereocenters. The van der Waals surface area contributed by atoms with Crippen molar-refractivity contribution < 1.29 is 18.0 Å². The number of benzene rings is 1. The van der Waals surface area contributed by atoms with Crippen molar-refractivity contribution in [2.24, 2.45) is 0 Å². The highest BCUT2D eigenvalue weighted by Gasteiger charge is 2.27. The molecular weight excluding hydrogens is 269 g/mol. The summed E-state index contributed by atoms with van der Waals surface area (Å²) < 4.78 is 35.6. The van der Waals surface area contributed by atoms with E-state index in [4.69, 9.17) is 0 Å². The van der Waals surface area contributed by atoms with Gasteiger partial charge in [0.2, 0.25) is 5.91 Å². The van der Waals surface area contributed by atoms with E-state index in [-0.39, 0.29) is 6.54 Å². The van der Waals surface area contributed by atoms with Gasteiger partial charge in [0.25, 0.3) is 0 Å². The second-order valence-corrected chi connectivity index (χ2v) is 4.40. The molecule has 1 amide bonds. The molecule has 0 bridgehead atoms. The Kier molecular flexibility index (Phi) is 6.24. The second kappa shape index (κ2) is 7.69. The molecule has 20 heavy (non-hydrogen) atoms. The molecule has 0 saturated heterocycles. The predicted octanol–water partition coefficient (Wildman–Crippen LogP) is 2.36. The molecule has 1 rings (SSSR count). The summed E-state index contributed by atoms with van der Waals surface area (Å²) >= 11 is 0. The zero-order valence-corrected chi connectivity index (χ0v) is 11.1. The molecule has 0 unspecified atom stereocenters. The maximum Gasteiger partial charge on any atom is 0.405 e. The van der Waals surface area contributed by atoms with Gasteiger partial charge in [0, 0.05) is 6.54 Å². The molecule has 0 aliphatic carbocycles. The highest BCUT2D eigenvalue weighted by atomic mass is 19.4. The van der Waals surface area contributed by atoms with Gasteiger partial charge in [-0.15, -0.1) is 0 Å². The fourth-order valence-corrected chi connectivity index (χ4v) is 1.52. The molecule has 0 heterocycles. The number of nitrogens with one attached hydrogen (secondary N) is 2. The molecule has 0 saturated carbocycles. The topological polar surface area (TPSA) is 41.1 Å². The zero-order valence-electron chi connectivity index (χ0n) is 11.1. The van der Waals surface area contributed by atoms with Gasteiger partial charge in [-0.25, -0.2) is 0 Å². The summed E-state index contributed by atoms with van der Waals surface area (Å²) in [5.41, 5.74) is 2.02. The van der Waals surface area contributed by atoms with Gasteiger partial charge in [-0.3, -0.25) is 4.79 Å². The molecule has 3 nitrogen and oxygen atoms in total. The third kappa shape index (κ3) is 7.58. The molecule has 2 N–H and O–H groups in total. The minimum atomic E-state index is -4.38. The lowest BCUT2D eigenvalue weighted by molar-refractivity contribution is -0.137. The fraction of sp³-hybridized carbons (Fsp3) is 0.357. The van der Waals surface area contributed by atoms with Crippen LogP contribution < -0.4 is 10.6 Å². The Labute approximate surface area is 115 Å². The monoisotopic (exact) mass is 286 g/mol. The van der Waals surface area contributed by atoms with Crippen LogP contribution in [0.15, 0.2) is 35.9 Å². The number of halogens is 3. The van der Waals surface area contributed by atoms with E-state index in [0.717, 1.165) is 11.1 Å². The Morgan fingerprint density at radius 1 is 1.20 bits per heavy atom. The van der Waals surface area contributed by atoms with E-state index in [1.165, 1.54) is 0 Å². The van der Waals surface area contributed by atoms with Gasteiger partial charge in [-0.1, -0.05) is 42.0 Å². The molecule has 0 aliphatic heterocycles. The highest BCUT2D eigenvalue weighted by molar-refractivity contribution is 5.78. The van der Waals surface area contributed by atoms with Crippen molar-refractivity contribution in [3.05, 3.63) is 41.5 Å². The van der Waals surface area contributed by atoms with E-state index in [9.17, 15) is 18.0 Å². The van der Waals surface area contributed by atoms with E-state index in [2.05, 4.69) is 5.32 Å². The first-order valence-electron chi connectivity index (χ1n) is 6.13. The van der Waals surface area contributed by atoms with Crippen molar-refractivity contribution in [1.29, 1.82) is 0 Å². The van der Waals surface area contributed by atoms with Gasteiger partial charge in [-0.2, -0.15) is 13.2 Å². The second-order valence-electron chi connectivity index (χ2n) is 4.40. The summed E-state index contributed by atoms with van der Waals surface area (Å²) in [6, 6.07) is 9.63. The standard InChI is InChI=1S/C14H17F3N2O/c1-11(7-12-5-3-2-4-6-12)8-18-9-13(20)19-10-14(15,16)17/h2-7,18H,8-10H2,1H3,(H,19,20)/b11-7-. The lowest BCUT2D eigenvalue weighted by atomic mass is 10.1. The van der Waals surface area contributed by atoms with Gasteiger partial charge < -0.3 is 10.6 Å². The van der Waals surface area contributed by atoms with Crippen LogP contribution in [0.3, 0.4) is 0 Å². The van der Waals surface area contributed by atoms with Crippen LogP contribution in [0, 0.1) is 0 Å². The quantitative estimate of drug-likeness (QED) is 0.843. The number of hydrogen-bond acceptors (Lipinski definition) is 2. The van der Waals surface area contributed by atoms with E-state index < -0.39 is 18.6 Å². The average Bonchev–Trinajstić information content (AvgIpc) is 2.37. The third-order valence-electron chi connectivity index (χ3n) is 2.39. The maximum absolute atomic E-state index is 11.9. The number of alkyl halides is 3. The number of amides is 1. The molecule has 6 heteroatoms. The third-order valence-corrected chi connectivity index (χ3v) is 2.39. The van der Waals surface area contributed by atoms with Crippen molar-refractivity contribution in [3.8, 4) is 0 Å². The van der Waals surface area contributed by atoms with Crippen LogP contribution in [-0.4, -0.2) is 31.7 Å². The minimum Gasteiger partial charge on any atom is -0.346 e. The van der Waals surface area contributed by atoms with Crippen molar-refractivity contribution in [1.82, 2.24) is 10.6 Å². The molecule has 1 aromatic carbocycles. The molecule has 0 aliphatic rings. The van der Waals surface area contributed by atoms with E-state index in [1.54, 1.807) is 5.32 Å². The summed E-state index contributed by atoms with van der Waals surface area (Å²) in [5, 5.41) is 4.59. The lowest BCUT2D eigenvalue weighted by Gasteiger charge is -2.09. The molecule has 0 spiro atoms. The van der Waals surface area contributed by atoms with Crippen molar-refractivity contribution >= 4 is 12.0 Å². The van der Waals surface area contributed by atoms with Crippen molar-refractivity contribution in [3.63, 3.8) is 0 Å². The molecule has 110 valence electrons. The summed E-state index contributed by atoms with van der Waals surface area (Å²) in [7, 11) is 0.